The molecule has 0 bridgehead atoms. The Morgan fingerprint density at radius 1 is 1.00 bits per heavy atom. The molecule has 47 heavy (non-hydrogen) atoms. The number of amides is 2. The highest BCUT2D eigenvalue weighted by Gasteiger charge is 2.36. The summed E-state index contributed by atoms with van der Waals surface area (Å²) in [6, 6.07) is 7.45. The van der Waals surface area contributed by atoms with Crippen molar-refractivity contribution < 1.29 is 22.8 Å². The average molecular weight is 643 g/mol. The van der Waals surface area contributed by atoms with Gasteiger partial charge in [0.1, 0.15) is 0 Å². The van der Waals surface area contributed by atoms with Gasteiger partial charge in [-0.25, -0.2) is 15.0 Å². The summed E-state index contributed by atoms with van der Waals surface area (Å²) in [5.41, 5.74) is 1.71. The van der Waals surface area contributed by atoms with E-state index in [1.807, 2.05) is 18.9 Å². The number of aryl methyl sites for hydroxylation is 1. The summed E-state index contributed by atoms with van der Waals surface area (Å²) in [6.45, 7) is 4.76. The highest BCUT2D eigenvalue weighted by Crippen LogP contribution is 2.38. The van der Waals surface area contributed by atoms with Crippen LogP contribution in [0.15, 0.2) is 61.4 Å². The molecule has 13 heteroatoms. The zero-order chi connectivity index (χ0) is 33.1. The van der Waals surface area contributed by atoms with Crippen LogP contribution < -0.4 is 10.6 Å². The number of nitrogens with zero attached hydrogens (tertiary/aromatic N) is 6. The summed E-state index contributed by atoms with van der Waals surface area (Å²) in [6.07, 6.45) is 4.61. The smallest absolute Gasteiger partial charge is 0.322 e. The van der Waals surface area contributed by atoms with E-state index in [4.69, 9.17) is 0 Å². The van der Waals surface area contributed by atoms with E-state index in [0.717, 1.165) is 37.6 Å². The van der Waals surface area contributed by atoms with Gasteiger partial charge in [-0.3, -0.25) is 19.8 Å². The van der Waals surface area contributed by atoms with Gasteiger partial charge in [0, 0.05) is 85.8 Å². The standard InChI is InChI=1S/C34H33F3N8O2/c1-22-3-5-26(15-25(22)6-4-23-18-39-33(40-19-23)42-31(46)24-7-8-24)32(47)41-27-16-29(34(35,36)37)28(20-44-13-11-43(2)12-14-44)30(17-27)45-10-9-38-21-45/h3,5,9-10,15-19,21,24H,7-8,11-14,20H2,1-2H3,(H,41,47)(H,39,40,42,46). The summed E-state index contributed by atoms with van der Waals surface area (Å²) in [5, 5.41) is 5.34. The van der Waals surface area contributed by atoms with Gasteiger partial charge in [-0.15, -0.1) is 0 Å². The molecular formula is C34H33F3N8O2. The molecule has 242 valence electrons. The first kappa shape index (κ1) is 31.9. The van der Waals surface area contributed by atoms with Crippen molar-refractivity contribution >= 4 is 23.5 Å². The third-order valence-corrected chi connectivity index (χ3v) is 8.23. The summed E-state index contributed by atoms with van der Waals surface area (Å²) < 4.78 is 45.2. The van der Waals surface area contributed by atoms with Crippen LogP contribution in [0.25, 0.3) is 5.69 Å². The minimum Gasteiger partial charge on any atom is -0.322 e. The number of aromatic nitrogens is 4. The second kappa shape index (κ2) is 13.4. The summed E-state index contributed by atoms with van der Waals surface area (Å²) in [5.74, 6) is 5.55. The quantitative estimate of drug-likeness (QED) is 0.281. The van der Waals surface area contributed by atoms with Crippen LogP contribution in [0, 0.1) is 24.7 Å². The Morgan fingerprint density at radius 3 is 2.40 bits per heavy atom. The summed E-state index contributed by atoms with van der Waals surface area (Å²) in [4.78, 5) is 41.8. The van der Waals surface area contributed by atoms with Crippen LogP contribution in [0.2, 0.25) is 0 Å². The molecular weight excluding hydrogens is 609 g/mol. The van der Waals surface area contributed by atoms with Crippen LogP contribution in [0.4, 0.5) is 24.8 Å². The molecule has 2 fully saturated rings. The van der Waals surface area contributed by atoms with Crippen molar-refractivity contribution in [2.24, 2.45) is 5.92 Å². The fourth-order valence-corrected chi connectivity index (χ4v) is 5.27. The van der Waals surface area contributed by atoms with Crippen molar-refractivity contribution in [3.63, 3.8) is 0 Å². The van der Waals surface area contributed by atoms with E-state index in [1.54, 1.807) is 30.5 Å². The predicted molar refractivity (Wildman–Crippen MR) is 170 cm³/mol. The monoisotopic (exact) mass is 642 g/mol. The van der Waals surface area contributed by atoms with Gasteiger partial charge in [0.15, 0.2) is 0 Å². The number of benzene rings is 2. The fraction of sp³-hybridized carbons (Fsp3) is 0.324. The number of carbonyl (C=O) groups is 2. The van der Waals surface area contributed by atoms with E-state index in [1.165, 1.54) is 29.5 Å². The lowest BCUT2D eigenvalue weighted by atomic mass is 10.0. The van der Waals surface area contributed by atoms with Crippen LogP contribution in [-0.4, -0.2) is 74.4 Å². The number of nitrogens with one attached hydrogen (secondary N) is 2. The number of hydrogen-bond acceptors (Lipinski definition) is 7. The van der Waals surface area contributed by atoms with Crippen molar-refractivity contribution in [3.05, 3.63) is 94.8 Å². The van der Waals surface area contributed by atoms with E-state index in [-0.39, 0.29) is 41.1 Å². The Kier molecular flexibility index (Phi) is 9.06. The number of anilines is 2. The Balaban J connectivity index is 1.24. The number of rotatable bonds is 7. The predicted octanol–water partition coefficient (Wildman–Crippen LogP) is 4.74. The SMILES string of the molecule is Cc1ccc(C(=O)Nc2cc(-n3ccnc3)c(CN3CCN(C)CC3)c(C(F)(F)F)c2)cc1C#Cc1cnc(NC(=O)C2CC2)nc1. The Bertz CT molecular complexity index is 1830. The number of carbonyl (C=O) groups excluding carboxylic acids is 2. The van der Waals surface area contributed by atoms with Crippen molar-refractivity contribution in [2.75, 3.05) is 43.9 Å². The molecule has 10 nitrogen and oxygen atoms in total. The first-order chi connectivity index (χ1) is 22.5. The highest BCUT2D eigenvalue weighted by molar-refractivity contribution is 6.04. The second-order valence-electron chi connectivity index (χ2n) is 11.9. The summed E-state index contributed by atoms with van der Waals surface area (Å²) >= 11 is 0. The molecule has 2 aliphatic rings. The van der Waals surface area contributed by atoms with E-state index in [0.29, 0.717) is 29.9 Å². The van der Waals surface area contributed by atoms with Crippen LogP contribution >= 0.6 is 0 Å². The molecule has 1 aliphatic heterocycles. The number of likely N-dealkylation sites (N-methyl/N-ethyl adjacent to an activating group) is 1. The maximum absolute atomic E-state index is 14.6. The van der Waals surface area contributed by atoms with Crippen molar-refractivity contribution in [2.45, 2.75) is 32.5 Å². The second-order valence-corrected chi connectivity index (χ2v) is 11.9. The van der Waals surface area contributed by atoms with Gasteiger partial charge in [0.25, 0.3) is 5.91 Å². The Labute approximate surface area is 270 Å². The average Bonchev–Trinajstić information content (AvgIpc) is 3.76. The van der Waals surface area contributed by atoms with Crippen molar-refractivity contribution in [1.29, 1.82) is 0 Å². The minimum atomic E-state index is -4.66. The number of halogens is 3. The molecule has 2 aromatic heterocycles. The molecule has 1 saturated heterocycles. The molecule has 0 unspecified atom stereocenters. The van der Waals surface area contributed by atoms with E-state index >= 15 is 0 Å². The maximum atomic E-state index is 14.6. The summed E-state index contributed by atoms with van der Waals surface area (Å²) in [7, 11) is 1.99. The normalized spacial score (nSPS) is 15.5. The van der Waals surface area contributed by atoms with E-state index in [2.05, 4.69) is 42.3 Å². The molecule has 4 aromatic rings. The molecule has 0 spiro atoms. The Hall–Kier alpha value is -5.06. The van der Waals surface area contributed by atoms with Crippen LogP contribution in [-0.2, 0) is 17.5 Å². The van der Waals surface area contributed by atoms with Crippen LogP contribution in [0.3, 0.4) is 0 Å². The number of alkyl halides is 3. The van der Waals surface area contributed by atoms with E-state index < -0.39 is 17.6 Å². The first-order valence-corrected chi connectivity index (χ1v) is 15.2. The van der Waals surface area contributed by atoms with Crippen LogP contribution in [0.1, 0.15) is 51.0 Å². The third-order valence-electron chi connectivity index (χ3n) is 8.23. The Morgan fingerprint density at radius 2 is 1.74 bits per heavy atom. The zero-order valence-electron chi connectivity index (χ0n) is 25.9. The largest absolute Gasteiger partial charge is 0.416 e. The zero-order valence-corrected chi connectivity index (χ0v) is 25.9. The lowest BCUT2D eigenvalue weighted by Crippen LogP contribution is -2.44. The number of imidazole rings is 1. The molecule has 3 heterocycles. The van der Waals surface area contributed by atoms with Gasteiger partial charge in [-0.2, -0.15) is 13.2 Å². The highest BCUT2D eigenvalue weighted by atomic mass is 19.4. The molecule has 2 aromatic carbocycles. The molecule has 2 N–H and O–H groups in total. The number of hydrogen-bond donors (Lipinski definition) is 2. The maximum Gasteiger partial charge on any atom is 0.416 e. The molecule has 0 atom stereocenters. The van der Waals surface area contributed by atoms with Gasteiger partial charge >= 0.3 is 6.18 Å². The van der Waals surface area contributed by atoms with Crippen molar-refractivity contribution in [3.8, 4) is 17.5 Å². The lowest BCUT2D eigenvalue weighted by Gasteiger charge is -2.33. The fourth-order valence-electron chi connectivity index (χ4n) is 5.27. The van der Waals surface area contributed by atoms with Gasteiger partial charge in [-0.05, 0) is 56.6 Å². The minimum absolute atomic E-state index is 0.00683. The van der Waals surface area contributed by atoms with Crippen LogP contribution in [0.5, 0.6) is 0 Å². The van der Waals surface area contributed by atoms with Gasteiger partial charge in [-0.1, -0.05) is 17.9 Å². The van der Waals surface area contributed by atoms with Gasteiger partial charge in [0.2, 0.25) is 11.9 Å². The van der Waals surface area contributed by atoms with E-state index in [9.17, 15) is 22.8 Å². The topological polar surface area (TPSA) is 108 Å². The first-order valence-electron chi connectivity index (χ1n) is 15.2. The van der Waals surface area contributed by atoms with Gasteiger partial charge in [0.05, 0.1) is 23.1 Å². The third kappa shape index (κ3) is 7.85. The molecule has 2 amide bonds. The van der Waals surface area contributed by atoms with Gasteiger partial charge < -0.3 is 14.8 Å². The molecule has 1 aliphatic carbocycles. The number of piperazine rings is 1. The van der Waals surface area contributed by atoms with Crippen molar-refractivity contribution in [1.82, 2.24) is 29.3 Å². The molecule has 1 saturated carbocycles. The molecule has 6 rings (SSSR count). The lowest BCUT2D eigenvalue weighted by molar-refractivity contribution is -0.138. The molecule has 0 radical (unpaired) electrons.